The number of likely N-dealkylation sites (tertiary alicyclic amines) is 1. The third-order valence-corrected chi connectivity index (χ3v) is 1.96. The van der Waals surface area contributed by atoms with Gasteiger partial charge in [-0.05, 0) is 19.3 Å². The van der Waals surface area contributed by atoms with E-state index >= 15 is 0 Å². The molecular weight excluding hydrogens is 138 g/mol. The van der Waals surface area contributed by atoms with E-state index in [4.69, 9.17) is 6.42 Å². The summed E-state index contributed by atoms with van der Waals surface area (Å²) in [6, 6.07) is 0. The average molecular weight is 151 g/mol. The molecule has 0 atom stereocenters. The Morgan fingerprint density at radius 3 is 2.55 bits per heavy atom. The molecule has 1 aliphatic rings. The second-order valence-electron chi connectivity index (χ2n) is 2.82. The molecule has 60 valence electrons. The molecular formula is C9H13NO. The van der Waals surface area contributed by atoms with Crippen LogP contribution >= 0.6 is 0 Å². The van der Waals surface area contributed by atoms with Gasteiger partial charge in [0.2, 0.25) is 5.91 Å². The van der Waals surface area contributed by atoms with Crippen LogP contribution in [0, 0.1) is 12.3 Å². The highest BCUT2D eigenvalue weighted by Gasteiger charge is 2.14. The Hall–Kier alpha value is -0.970. The lowest BCUT2D eigenvalue weighted by molar-refractivity contribution is -0.130. The van der Waals surface area contributed by atoms with Crippen molar-refractivity contribution < 1.29 is 4.79 Å². The molecule has 0 aromatic carbocycles. The molecule has 0 bridgehead atoms. The molecule has 1 aliphatic heterocycles. The van der Waals surface area contributed by atoms with Crippen molar-refractivity contribution in [3.8, 4) is 12.3 Å². The maximum atomic E-state index is 11.2. The van der Waals surface area contributed by atoms with E-state index in [-0.39, 0.29) is 12.3 Å². The highest BCUT2D eigenvalue weighted by molar-refractivity contribution is 5.78. The van der Waals surface area contributed by atoms with Gasteiger partial charge in [-0.2, -0.15) is 0 Å². The Morgan fingerprint density at radius 1 is 1.36 bits per heavy atom. The normalized spacial score (nSPS) is 17.5. The Kier molecular flexibility index (Phi) is 2.97. The van der Waals surface area contributed by atoms with E-state index in [0.29, 0.717) is 0 Å². The third kappa shape index (κ3) is 2.27. The first kappa shape index (κ1) is 8.13. The van der Waals surface area contributed by atoms with Gasteiger partial charge in [-0.3, -0.25) is 4.79 Å². The van der Waals surface area contributed by atoms with Gasteiger partial charge in [-0.25, -0.2) is 0 Å². The van der Waals surface area contributed by atoms with Crippen molar-refractivity contribution in [1.82, 2.24) is 4.90 Å². The Balaban J connectivity index is 2.34. The summed E-state index contributed by atoms with van der Waals surface area (Å²) in [6.45, 7) is 1.81. The fourth-order valence-electron chi connectivity index (χ4n) is 1.34. The average Bonchev–Trinajstić information content (AvgIpc) is 2.07. The summed E-state index contributed by atoms with van der Waals surface area (Å²) in [6.07, 6.45) is 8.82. The summed E-state index contributed by atoms with van der Waals surface area (Å²) in [5.74, 6) is 2.49. The molecule has 0 aromatic heterocycles. The van der Waals surface area contributed by atoms with E-state index in [2.05, 4.69) is 5.92 Å². The smallest absolute Gasteiger partial charge is 0.234 e. The van der Waals surface area contributed by atoms with Crippen molar-refractivity contribution in [2.24, 2.45) is 0 Å². The summed E-state index contributed by atoms with van der Waals surface area (Å²) in [5.41, 5.74) is 0. The lowest BCUT2D eigenvalue weighted by Gasteiger charge is -2.25. The number of carbonyl (C=O) groups excluding carboxylic acids is 1. The first-order valence-electron chi connectivity index (χ1n) is 4.06. The molecule has 1 rings (SSSR count). The molecule has 1 amide bonds. The second-order valence-corrected chi connectivity index (χ2v) is 2.82. The van der Waals surface area contributed by atoms with Crippen LogP contribution in [0.4, 0.5) is 0 Å². The molecule has 2 nitrogen and oxygen atoms in total. The molecule has 0 aromatic rings. The van der Waals surface area contributed by atoms with Crippen LogP contribution in [-0.2, 0) is 4.79 Å². The highest BCUT2D eigenvalue weighted by atomic mass is 16.2. The van der Waals surface area contributed by atoms with Gasteiger partial charge < -0.3 is 4.90 Å². The molecule has 1 fully saturated rings. The van der Waals surface area contributed by atoms with Gasteiger partial charge in [-0.1, -0.05) is 5.92 Å². The number of amides is 1. The summed E-state index contributed by atoms with van der Waals surface area (Å²) in [5, 5.41) is 0. The van der Waals surface area contributed by atoms with Crippen LogP contribution in [0.3, 0.4) is 0 Å². The summed E-state index contributed by atoms with van der Waals surface area (Å²) in [7, 11) is 0. The number of nitrogens with zero attached hydrogens (tertiary/aromatic N) is 1. The standard InChI is InChI=1S/C9H13NO/c1-2-6-9(11)10-7-4-3-5-8-10/h1H,3-8H2. The molecule has 1 saturated heterocycles. The minimum atomic E-state index is 0.118. The number of hydrogen-bond donors (Lipinski definition) is 0. The van der Waals surface area contributed by atoms with Gasteiger partial charge in [0, 0.05) is 13.1 Å². The summed E-state index contributed by atoms with van der Waals surface area (Å²) in [4.78, 5) is 13.0. The number of piperidine rings is 1. The molecule has 0 radical (unpaired) electrons. The van der Waals surface area contributed by atoms with Crippen LogP contribution in [0.15, 0.2) is 0 Å². The molecule has 0 N–H and O–H groups in total. The highest BCUT2D eigenvalue weighted by Crippen LogP contribution is 2.09. The number of rotatable bonds is 1. The zero-order valence-corrected chi connectivity index (χ0v) is 6.68. The first-order chi connectivity index (χ1) is 5.34. The maximum absolute atomic E-state index is 11.2. The second kappa shape index (κ2) is 4.02. The Bertz CT molecular complexity index is 174. The van der Waals surface area contributed by atoms with Crippen molar-refractivity contribution in [3.63, 3.8) is 0 Å². The molecule has 2 heteroatoms. The number of terminal acetylenes is 1. The van der Waals surface area contributed by atoms with Gasteiger partial charge >= 0.3 is 0 Å². The topological polar surface area (TPSA) is 20.3 Å². The van der Waals surface area contributed by atoms with E-state index in [1.165, 1.54) is 6.42 Å². The fraction of sp³-hybridized carbons (Fsp3) is 0.667. The van der Waals surface area contributed by atoms with E-state index in [0.717, 1.165) is 25.9 Å². The van der Waals surface area contributed by atoms with Crippen LogP contribution < -0.4 is 0 Å². The Labute approximate surface area is 67.6 Å². The van der Waals surface area contributed by atoms with Crippen molar-refractivity contribution in [3.05, 3.63) is 0 Å². The van der Waals surface area contributed by atoms with Gasteiger partial charge in [0.05, 0.1) is 6.42 Å². The zero-order valence-electron chi connectivity index (χ0n) is 6.68. The Morgan fingerprint density at radius 2 is 2.00 bits per heavy atom. The first-order valence-corrected chi connectivity index (χ1v) is 4.06. The lowest BCUT2D eigenvalue weighted by Crippen LogP contribution is -2.35. The molecule has 0 saturated carbocycles. The number of carbonyl (C=O) groups is 1. The molecule has 0 unspecified atom stereocenters. The molecule has 0 spiro atoms. The lowest BCUT2D eigenvalue weighted by atomic mass is 10.1. The van der Waals surface area contributed by atoms with Crippen molar-refractivity contribution >= 4 is 5.91 Å². The maximum Gasteiger partial charge on any atom is 0.234 e. The predicted molar refractivity (Wildman–Crippen MR) is 43.9 cm³/mol. The van der Waals surface area contributed by atoms with Crippen LogP contribution in [0.5, 0.6) is 0 Å². The molecule has 11 heavy (non-hydrogen) atoms. The molecule has 1 heterocycles. The van der Waals surface area contributed by atoms with Gasteiger partial charge in [-0.15, -0.1) is 6.42 Å². The summed E-state index contributed by atoms with van der Waals surface area (Å²) >= 11 is 0. The van der Waals surface area contributed by atoms with E-state index in [9.17, 15) is 4.79 Å². The molecule has 0 aliphatic carbocycles. The third-order valence-electron chi connectivity index (χ3n) is 1.96. The van der Waals surface area contributed by atoms with Crippen molar-refractivity contribution in [1.29, 1.82) is 0 Å². The zero-order chi connectivity index (χ0) is 8.10. The van der Waals surface area contributed by atoms with Crippen LogP contribution in [0.25, 0.3) is 0 Å². The SMILES string of the molecule is C#CCC(=O)N1CCCCC1. The van der Waals surface area contributed by atoms with Crippen LogP contribution in [-0.4, -0.2) is 23.9 Å². The van der Waals surface area contributed by atoms with Gasteiger partial charge in [0.1, 0.15) is 0 Å². The summed E-state index contributed by atoms with van der Waals surface area (Å²) < 4.78 is 0. The monoisotopic (exact) mass is 151 g/mol. The predicted octanol–water partition coefficient (Wildman–Crippen LogP) is 1.02. The largest absolute Gasteiger partial charge is 0.342 e. The van der Waals surface area contributed by atoms with Crippen LogP contribution in [0.1, 0.15) is 25.7 Å². The fourth-order valence-corrected chi connectivity index (χ4v) is 1.34. The minimum Gasteiger partial charge on any atom is -0.342 e. The quantitative estimate of drug-likeness (QED) is 0.512. The van der Waals surface area contributed by atoms with Gasteiger partial charge in [0.15, 0.2) is 0 Å². The van der Waals surface area contributed by atoms with Crippen molar-refractivity contribution in [2.75, 3.05) is 13.1 Å². The number of hydrogen-bond acceptors (Lipinski definition) is 1. The van der Waals surface area contributed by atoms with Crippen LogP contribution in [0.2, 0.25) is 0 Å². The van der Waals surface area contributed by atoms with E-state index in [1.54, 1.807) is 0 Å². The minimum absolute atomic E-state index is 0.118. The van der Waals surface area contributed by atoms with E-state index < -0.39 is 0 Å². The van der Waals surface area contributed by atoms with E-state index in [1.807, 2.05) is 4.90 Å². The van der Waals surface area contributed by atoms with Gasteiger partial charge in [0.25, 0.3) is 0 Å². The van der Waals surface area contributed by atoms with Crippen molar-refractivity contribution in [2.45, 2.75) is 25.7 Å².